The Labute approximate surface area is 113 Å². The highest BCUT2D eigenvalue weighted by molar-refractivity contribution is 7.99. The van der Waals surface area contributed by atoms with E-state index in [2.05, 4.69) is 30.9 Å². The maximum atomic E-state index is 5.40. The molecule has 0 amide bonds. The molecule has 1 aromatic rings. The highest BCUT2D eigenvalue weighted by atomic mass is 32.2. The van der Waals surface area contributed by atoms with Crippen molar-refractivity contribution in [2.24, 2.45) is 0 Å². The van der Waals surface area contributed by atoms with Crippen molar-refractivity contribution < 1.29 is 14.0 Å². The molecule has 0 spiro atoms. The van der Waals surface area contributed by atoms with Crippen LogP contribution in [0.4, 0.5) is 0 Å². The van der Waals surface area contributed by atoms with E-state index >= 15 is 0 Å². The van der Waals surface area contributed by atoms with E-state index in [1.165, 1.54) is 0 Å². The molecule has 0 aromatic carbocycles. The zero-order chi connectivity index (χ0) is 13.6. The minimum Gasteiger partial charge on any atom is -0.345 e. The third-order valence-corrected chi connectivity index (χ3v) is 3.22. The smallest absolute Gasteiger partial charge is 0.283 e. The highest BCUT2D eigenvalue weighted by Crippen LogP contribution is 2.26. The van der Waals surface area contributed by atoms with Crippen LogP contribution in [0.5, 0.6) is 0 Å². The highest BCUT2D eigenvalue weighted by Gasteiger charge is 2.20. The van der Waals surface area contributed by atoms with Crippen LogP contribution in [0.3, 0.4) is 0 Å². The average Bonchev–Trinajstić information content (AvgIpc) is 2.74. The molecule has 0 bridgehead atoms. The largest absolute Gasteiger partial charge is 0.345 e. The standard InChI is InChI=1S/C12H22N2O3S/c1-6-15-11(16-7-2)10-13-9(14-17-10)8-18-12(3,4)5/h11H,6-8H2,1-5H3. The Morgan fingerprint density at radius 3 is 2.33 bits per heavy atom. The number of aromatic nitrogens is 2. The second kappa shape index (κ2) is 7.11. The van der Waals surface area contributed by atoms with Gasteiger partial charge in [0, 0.05) is 18.0 Å². The Bertz CT molecular complexity index is 343. The Kier molecular flexibility index (Phi) is 6.11. The minimum atomic E-state index is -0.555. The topological polar surface area (TPSA) is 57.4 Å². The van der Waals surface area contributed by atoms with Crippen molar-refractivity contribution in [2.45, 2.75) is 51.4 Å². The maximum Gasteiger partial charge on any atom is 0.283 e. The van der Waals surface area contributed by atoms with Crippen LogP contribution < -0.4 is 0 Å². The van der Waals surface area contributed by atoms with Gasteiger partial charge in [-0.25, -0.2) is 0 Å². The van der Waals surface area contributed by atoms with Crippen molar-refractivity contribution in [2.75, 3.05) is 13.2 Å². The van der Waals surface area contributed by atoms with Crippen molar-refractivity contribution in [1.29, 1.82) is 0 Å². The molecule has 0 unspecified atom stereocenters. The summed E-state index contributed by atoms with van der Waals surface area (Å²) < 4.78 is 16.2. The van der Waals surface area contributed by atoms with Crippen molar-refractivity contribution >= 4 is 11.8 Å². The van der Waals surface area contributed by atoms with E-state index in [9.17, 15) is 0 Å². The lowest BCUT2D eigenvalue weighted by molar-refractivity contribution is -0.155. The van der Waals surface area contributed by atoms with Gasteiger partial charge in [-0.15, -0.1) is 11.8 Å². The van der Waals surface area contributed by atoms with Gasteiger partial charge in [0.1, 0.15) is 0 Å². The Morgan fingerprint density at radius 1 is 1.22 bits per heavy atom. The molecule has 6 heteroatoms. The van der Waals surface area contributed by atoms with Gasteiger partial charge in [-0.05, 0) is 13.8 Å². The van der Waals surface area contributed by atoms with Crippen molar-refractivity contribution in [3.05, 3.63) is 11.7 Å². The molecular formula is C12H22N2O3S. The first kappa shape index (κ1) is 15.5. The lowest BCUT2D eigenvalue weighted by Crippen LogP contribution is -2.10. The zero-order valence-corrected chi connectivity index (χ0v) is 12.5. The maximum absolute atomic E-state index is 5.40. The molecule has 104 valence electrons. The molecular weight excluding hydrogens is 252 g/mol. The van der Waals surface area contributed by atoms with Crippen molar-refractivity contribution in [3.8, 4) is 0 Å². The molecule has 0 aliphatic heterocycles. The zero-order valence-electron chi connectivity index (χ0n) is 11.7. The monoisotopic (exact) mass is 274 g/mol. The SMILES string of the molecule is CCOC(OCC)c1nc(CSC(C)(C)C)no1. The Hall–Kier alpha value is -0.590. The summed E-state index contributed by atoms with van der Waals surface area (Å²) in [7, 11) is 0. The summed E-state index contributed by atoms with van der Waals surface area (Å²) in [5, 5.41) is 3.94. The molecule has 1 rings (SSSR count). The summed E-state index contributed by atoms with van der Waals surface area (Å²) in [6.07, 6.45) is -0.555. The fourth-order valence-corrected chi connectivity index (χ4v) is 1.88. The number of nitrogens with zero attached hydrogens (tertiary/aromatic N) is 2. The van der Waals surface area contributed by atoms with Crippen LogP contribution in [-0.4, -0.2) is 28.1 Å². The van der Waals surface area contributed by atoms with E-state index in [1.807, 2.05) is 13.8 Å². The van der Waals surface area contributed by atoms with Gasteiger partial charge in [-0.2, -0.15) is 4.98 Å². The third kappa shape index (κ3) is 5.37. The molecule has 0 saturated heterocycles. The third-order valence-electron chi connectivity index (χ3n) is 1.96. The van der Waals surface area contributed by atoms with Crippen LogP contribution in [0.2, 0.25) is 0 Å². The van der Waals surface area contributed by atoms with E-state index in [4.69, 9.17) is 14.0 Å². The molecule has 0 radical (unpaired) electrons. The van der Waals surface area contributed by atoms with Gasteiger partial charge in [-0.1, -0.05) is 25.9 Å². The Balaban J connectivity index is 2.60. The van der Waals surface area contributed by atoms with E-state index in [-0.39, 0.29) is 4.75 Å². The molecule has 1 heterocycles. The summed E-state index contributed by atoms with van der Waals surface area (Å²) >= 11 is 1.77. The van der Waals surface area contributed by atoms with Gasteiger partial charge in [0.05, 0.1) is 5.75 Å². The normalized spacial score (nSPS) is 12.3. The molecule has 0 saturated carbocycles. The van der Waals surface area contributed by atoms with Crippen LogP contribution in [0.25, 0.3) is 0 Å². The molecule has 1 aromatic heterocycles. The van der Waals surface area contributed by atoms with E-state index in [1.54, 1.807) is 11.8 Å². The lowest BCUT2D eigenvalue weighted by Gasteiger charge is -2.15. The van der Waals surface area contributed by atoms with Crippen molar-refractivity contribution in [1.82, 2.24) is 10.1 Å². The number of ether oxygens (including phenoxy) is 2. The molecule has 0 atom stereocenters. The van der Waals surface area contributed by atoms with Gasteiger partial charge in [0.2, 0.25) is 6.29 Å². The first-order valence-electron chi connectivity index (χ1n) is 6.16. The first-order chi connectivity index (χ1) is 8.46. The van der Waals surface area contributed by atoms with Gasteiger partial charge >= 0.3 is 0 Å². The fourth-order valence-electron chi connectivity index (χ4n) is 1.20. The summed E-state index contributed by atoms with van der Waals surface area (Å²) in [5.74, 6) is 1.79. The predicted molar refractivity (Wildman–Crippen MR) is 71.3 cm³/mol. The average molecular weight is 274 g/mol. The summed E-state index contributed by atoms with van der Waals surface area (Å²) in [4.78, 5) is 4.30. The van der Waals surface area contributed by atoms with E-state index < -0.39 is 6.29 Å². The second-order valence-electron chi connectivity index (χ2n) is 4.69. The van der Waals surface area contributed by atoms with Crippen LogP contribution >= 0.6 is 11.8 Å². The number of hydrogen-bond donors (Lipinski definition) is 0. The van der Waals surface area contributed by atoms with Gasteiger partial charge in [-0.3, -0.25) is 0 Å². The van der Waals surface area contributed by atoms with Crippen molar-refractivity contribution in [3.63, 3.8) is 0 Å². The van der Waals surface area contributed by atoms with Crippen LogP contribution in [0, 0.1) is 0 Å². The molecule has 0 fully saturated rings. The van der Waals surface area contributed by atoms with Crippen LogP contribution in [0.1, 0.15) is 52.6 Å². The van der Waals surface area contributed by atoms with Gasteiger partial charge < -0.3 is 14.0 Å². The molecule has 0 N–H and O–H groups in total. The summed E-state index contributed by atoms with van der Waals surface area (Å²) in [6, 6.07) is 0. The molecule has 5 nitrogen and oxygen atoms in total. The minimum absolute atomic E-state index is 0.181. The number of hydrogen-bond acceptors (Lipinski definition) is 6. The number of thioether (sulfide) groups is 1. The molecule has 0 aliphatic rings. The van der Waals surface area contributed by atoms with Gasteiger partial charge in [0.15, 0.2) is 5.82 Å². The van der Waals surface area contributed by atoms with E-state index in [0.29, 0.717) is 24.9 Å². The Morgan fingerprint density at radius 2 is 1.83 bits per heavy atom. The first-order valence-corrected chi connectivity index (χ1v) is 7.14. The van der Waals surface area contributed by atoms with Gasteiger partial charge in [0.25, 0.3) is 5.89 Å². The quantitative estimate of drug-likeness (QED) is 0.712. The summed E-state index contributed by atoms with van der Waals surface area (Å²) in [5.41, 5.74) is 0. The number of rotatable bonds is 7. The predicted octanol–water partition coefficient (Wildman–Crippen LogP) is 3.17. The van der Waals surface area contributed by atoms with Crippen LogP contribution in [0.15, 0.2) is 4.52 Å². The second-order valence-corrected chi connectivity index (χ2v) is 6.49. The molecule has 0 aliphatic carbocycles. The summed E-state index contributed by atoms with van der Waals surface area (Å²) in [6.45, 7) is 11.3. The lowest BCUT2D eigenvalue weighted by atomic mass is 10.3. The fraction of sp³-hybridized carbons (Fsp3) is 0.833. The van der Waals surface area contributed by atoms with E-state index in [0.717, 1.165) is 5.75 Å². The van der Waals surface area contributed by atoms with Crippen LogP contribution in [-0.2, 0) is 15.2 Å². The molecule has 18 heavy (non-hydrogen) atoms.